The molecule has 0 spiro atoms. The molecule has 3 unspecified atom stereocenters. The van der Waals surface area contributed by atoms with Crippen molar-refractivity contribution >= 4 is 29.1 Å². The summed E-state index contributed by atoms with van der Waals surface area (Å²) >= 11 is 12.8. The Morgan fingerprint density at radius 3 is 2.63 bits per heavy atom. The third-order valence-electron chi connectivity index (χ3n) is 9.61. The van der Waals surface area contributed by atoms with E-state index in [0.717, 1.165) is 78.1 Å². The van der Waals surface area contributed by atoms with Gasteiger partial charge in [-0.1, -0.05) is 73.0 Å². The molecule has 0 saturated heterocycles. The molecule has 0 aromatic heterocycles. The van der Waals surface area contributed by atoms with Crippen molar-refractivity contribution < 1.29 is 9.90 Å². The van der Waals surface area contributed by atoms with Gasteiger partial charge in [0.25, 0.3) is 5.91 Å². The zero-order chi connectivity index (χ0) is 28.7. The molecule has 0 radical (unpaired) electrons. The number of carbonyl (C=O) groups excluding carboxylic acids is 1. The second-order valence-electron chi connectivity index (χ2n) is 12.2. The minimum absolute atomic E-state index is 0.111. The molecule has 1 aromatic rings. The first-order chi connectivity index (χ1) is 19.8. The number of halogens is 2. The third kappa shape index (κ3) is 5.40. The summed E-state index contributed by atoms with van der Waals surface area (Å²) in [5, 5.41) is 14.2. The van der Waals surface area contributed by atoms with E-state index < -0.39 is 5.72 Å². The van der Waals surface area contributed by atoms with Crippen molar-refractivity contribution in [3.05, 3.63) is 104 Å². The Labute approximate surface area is 254 Å². The van der Waals surface area contributed by atoms with Gasteiger partial charge in [0.2, 0.25) is 0 Å². The average molecular weight is 592 g/mol. The van der Waals surface area contributed by atoms with Crippen LogP contribution in [0.4, 0.5) is 0 Å². The van der Waals surface area contributed by atoms with Gasteiger partial charge in [-0.15, -0.1) is 0 Å². The molecule has 4 nitrogen and oxygen atoms in total. The van der Waals surface area contributed by atoms with Crippen molar-refractivity contribution in [1.82, 2.24) is 9.80 Å². The molecular weight excluding hydrogens is 551 g/mol. The normalized spacial score (nSPS) is 28.0. The van der Waals surface area contributed by atoms with Crippen LogP contribution in [0.2, 0.25) is 0 Å². The van der Waals surface area contributed by atoms with Gasteiger partial charge in [-0.3, -0.25) is 4.79 Å². The van der Waals surface area contributed by atoms with E-state index in [-0.39, 0.29) is 11.8 Å². The van der Waals surface area contributed by atoms with Gasteiger partial charge in [0.05, 0.1) is 0 Å². The zero-order valence-electron chi connectivity index (χ0n) is 24.1. The first-order valence-electron chi connectivity index (χ1n) is 15.2. The van der Waals surface area contributed by atoms with Crippen LogP contribution < -0.4 is 0 Å². The molecule has 41 heavy (non-hydrogen) atoms. The van der Waals surface area contributed by atoms with Crippen molar-refractivity contribution in [2.24, 2.45) is 11.8 Å². The summed E-state index contributed by atoms with van der Waals surface area (Å²) in [5.41, 5.74) is 7.09. The Bertz CT molecular complexity index is 1430. The lowest BCUT2D eigenvalue weighted by Crippen LogP contribution is -2.45. The SMILES string of the molecule is CCC1CC2=C(C3C=CC(Cl)=CCC3)N(CCCN3Cc4ccccc4C3=O)C(C)(O)C2=C(C2=CC=C(Cl)CC2)C1. The van der Waals surface area contributed by atoms with Crippen LogP contribution in [0.1, 0.15) is 81.1 Å². The molecule has 6 heteroatoms. The van der Waals surface area contributed by atoms with E-state index >= 15 is 0 Å². The number of hydrogen-bond donors (Lipinski definition) is 1. The fourth-order valence-electron chi connectivity index (χ4n) is 7.49. The van der Waals surface area contributed by atoms with Gasteiger partial charge in [-0.25, -0.2) is 0 Å². The zero-order valence-corrected chi connectivity index (χ0v) is 25.6. The summed E-state index contributed by atoms with van der Waals surface area (Å²) in [4.78, 5) is 17.3. The van der Waals surface area contributed by atoms with E-state index in [2.05, 4.69) is 30.1 Å². The molecule has 0 bridgehead atoms. The highest BCUT2D eigenvalue weighted by Gasteiger charge is 2.49. The van der Waals surface area contributed by atoms with Crippen LogP contribution in [0.25, 0.3) is 0 Å². The fraction of sp³-hybridized carbons (Fsp3) is 0.457. The maximum absolute atomic E-state index is 13.0. The lowest BCUT2D eigenvalue weighted by molar-refractivity contribution is -0.0344. The van der Waals surface area contributed by atoms with Crippen molar-refractivity contribution in [3.8, 4) is 0 Å². The van der Waals surface area contributed by atoms with Crippen LogP contribution in [0, 0.1) is 11.8 Å². The molecule has 3 aliphatic carbocycles. The van der Waals surface area contributed by atoms with Crippen LogP contribution in [0.5, 0.6) is 0 Å². The maximum atomic E-state index is 13.0. The van der Waals surface area contributed by atoms with Crippen LogP contribution in [-0.2, 0) is 6.54 Å². The molecule has 1 N–H and O–H groups in total. The Morgan fingerprint density at radius 1 is 1.07 bits per heavy atom. The first-order valence-corrected chi connectivity index (χ1v) is 16.0. The number of amides is 1. The summed E-state index contributed by atoms with van der Waals surface area (Å²) in [6.45, 7) is 6.26. The maximum Gasteiger partial charge on any atom is 0.254 e. The molecule has 216 valence electrons. The number of benzene rings is 1. The number of carbonyl (C=O) groups is 1. The van der Waals surface area contributed by atoms with Crippen LogP contribution >= 0.6 is 23.2 Å². The number of nitrogens with zero attached hydrogens (tertiary/aromatic N) is 2. The molecule has 0 fully saturated rings. The van der Waals surface area contributed by atoms with Crippen molar-refractivity contribution in [2.45, 2.75) is 77.5 Å². The van der Waals surface area contributed by atoms with Gasteiger partial charge >= 0.3 is 0 Å². The van der Waals surface area contributed by atoms with Gasteiger partial charge in [-0.2, -0.15) is 0 Å². The van der Waals surface area contributed by atoms with Crippen molar-refractivity contribution in [1.29, 1.82) is 0 Å². The quantitative estimate of drug-likeness (QED) is 0.347. The minimum Gasteiger partial charge on any atom is -0.367 e. The number of fused-ring (bicyclic) bond motifs is 2. The van der Waals surface area contributed by atoms with Gasteiger partial charge < -0.3 is 14.9 Å². The first kappa shape index (κ1) is 28.6. The fourth-order valence-corrected chi connectivity index (χ4v) is 7.83. The minimum atomic E-state index is -1.13. The topological polar surface area (TPSA) is 43.8 Å². The molecule has 1 amide bonds. The number of aliphatic hydroxyl groups is 1. The highest BCUT2D eigenvalue weighted by molar-refractivity contribution is 6.31. The highest BCUT2D eigenvalue weighted by atomic mass is 35.5. The van der Waals surface area contributed by atoms with Gasteiger partial charge in [0.15, 0.2) is 5.72 Å². The largest absolute Gasteiger partial charge is 0.367 e. The Balaban J connectivity index is 1.36. The lowest BCUT2D eigenvalue weighted by atomic mass is 9.73. The van der Waals surface area contributed by atoms with Crippen molar-refractivity contribution in [2.75, 3.05) is 13.1 Å². The molecule has 0 saturated carbocycles. The van der Waals surface area contributed by atoms with E-state index in [1.807, 2.05) is 48.2 Å². The summed E-state index contributed by atoms with van der Waals surface area (Å²) in [6.07, 6.45) is 18.0. The van der Waals surface area contributed by atoms with E-state index in [1.54, 1.807) is 0 Å². The summed E-state index contributed by atoms with van der Waals surface area (Å²) in [7, 11) is 0. The highest BCUT2D eigenvalue weighted by Crippen LogP contribution is 2.54. The predicted octanol–water partition coefficient (Wildman–Crippen LogP) is 8.36. The van der Waals surface area contributed by atoms with E-state index in [4.69, 9.17) is 23.2 Å². The van der Waals surface area contributed by atoms with Crippen molar-refractivity contribution in [3.63, 3.8) is 0 Å². The molecule has 3 atom stereocenters. The van der Waals surface area contributed by atoms with E-state index in [9.17, 15) is 9.90 Å². The number of hydrogen-bond acceptors (Lipinski definition) is 3. The van der Waals surface area contributed by atoms with E-state index in [0.29, 0.717) is 25.6 Å². The van der Waals surface area contributed by atoms with Gasteiger partial charge in [-0.05, 0) is 98.3 Å². The molecule has 6 rings (SSSR count). The number of allylic oxidation sites excluding steroid dienone is 9. The standard InChI is InChI=1S/C35H40Cl2N2O2/c1-3-23-20-30(24-12-15-28(37)16-13-24)32-31(21-23)33(25-9-6-10-27(36)17-14-25)39(35(32,2)41)19-7-18-38-22-26-8-4-5-11-29(26)34(38)40/h4-5,8,10-12,14-15,17,23,25,41H,3,6-7,9,13,16,18-22H2,1-2H3. The molecule has 2 heterocycles. The Hall–Kier alpha value is -2.53. The van der Waals surface area contributed by atoms with Gasteiger partial charge in [0.1, 0.15) is 0 Å². The molecular formula is C35H40Cl2N2O2. The van der Waals surface area contributed by atoms with Crippen LogP contribution in [0.3, 0.4) is 0 Å². The van der Waals surface area contributed by atoms with Gasteiger partial charge in [0, 0.05) is 52.5 Å². The Morgan fingerprint density at radius 2 is 1.88 bits per heavy atom. The van der Waals surface area contributed by atoms with Crippen LogP contribution in [0.15, 0.2) is 92.7 Å². The summed E-state index contributed by atoms with van der Waals surface area (Å²) in [5.74, 6) is 0.819. The lowest BCUT2D eigenvalue weighted by Gasteiger charge is -2.39. The third-order valence-corrected chi connectivity index (χ3v) is 10.2. The molecule has 1 aromatic carbocycles. The smallest absolute Gasteiger partial charge is 0.254 e. The van der Waals surface area contributed by atoms with E-state index in [1.165, 1.54) is 22.4 Å². The second-order valence-corrected chi connectivity index (χ2v) is 13.2. The Kier molecular flexibility index (Phi) is 8.11. The monoisotopic (exact) mass is 590 g/mol. The average Bonchev–Trinajstić information content (AvgIpc) is 3.28. The van der Waals surface area contributed by atoms with Crippen LogP contribution in [-0.4, -0.2) is 39.6 Å². The number of rotatable bonds is 7. The molecule has 2 aliphatic heterocycles. The molecule has 5 aliphatic rings. The summed E-state index contributed by atoms with van der Waals surface area (Å²) in [6, 6.07) is 7.90. The predicted molar refractivity (Wildman–Crippen MR) is 167 cm³/mol. The second kappa shape index (κ2) is 11.6. The summed E-state index contributed by atoms with van der Waals surface area (Å²) < 4.78 is 0.